The molecule has 0 bridgehead atoms. The van der Waals surface area contributed by atoms with E-state index in [9.17, 15) is 0 Å². The highest BCUT2D eigenvalue weighted by Gasteiger charge is 2.32. The molecular weight excluding hydrogens is 204 g/mol. The van der Waals surface area contributed by atoms with E-state index >= 15 is 0 Å². The molecule has 0 aromatic heterocycles. The Labute approximate surface area is 102 Å². The molecule has 17 heavy (non-hydrogen) atoms. The van der Waals surface area contributed by atoms with Crippen LogP contribution in [0.15, 0.2) is 82.5 Å². The second kappa shape index (κ2) is 3.10. The van der Waals surface area contributed by atoms with Crippen LogP contribution in [-0.2, 0) is 0 Å². The molecule has 82 valence electrons. The molecule has 0 radical (unpaired) electrons. The van der Waals surface area contributed by atoms with Crippen molar-refractivity contribution in [3.63, 3.8) is 0 Å². The molecule has 2 atom stereocenters. The van der Waals surface area contributed by atoms with Crippen LogP contribution in [-0.4, -0.2) is 0 Å². The lowest BCUT2D eigenvalue weighted by atomic mass is 9.68. The zero-order valence-corrected chi connectivity index (χ0v) is 9.85. The summed E-state index contributed by atoms with van der Waals surface area (Å²) in [7, 11) is 0. The lowest BCUT2D eigenvalue weighted by Gasteiger charge is -2.36. The Balaban J connectivity index is 2.04. The van der Waals surface area contributed by atoms with E-state index in [4.69, 9.17) is 0 Å². The molecule has 0 heteroatoms. The van der Waals surface area contributed by atoms with Crippen molar-refractivity contribution in [2.45, 2.75) is 6.92 Å². The Bertz CT molecular complexity index is 612. The van der Waals surface area contributed by atoms with Gasteiger partial charge in [-0.15, -0.1) is 0 Å². The maximum atomic E-state index is 2.39. The second-order valence-electron chi connectivity index (χ2n) is 5.06. The molecule has 0 aromatic carbocycles. The smallest absolute Gasteiger partial charge is 0.0216 e. The van der Waals surface area contributed by atoms with Crippen LogP contribution in [0.2, 0.25) is 0 Å². The highest BCUT2D eigenvalue weighted by Crippen LogP contribution is 2.47. The second-order valence-corrected chi connectivity index (χ2v) is 5.06. The van der Waals surface area contributed by atoms with Crippen molar-refractivity contribution < 1.29 is 0 Å². The molecule has 4 aliphatic carbocycles. The first kappa shape index (κ1) is 9.23. The van der Waals surface area contributed by atoms with E-state index in [1.54, 1.807) is 0 Å². The van der Waals surface area contributed by atoms with Crippen LogP contribution in [0, 0.1) is 11.8 Å². The molecule has 0 amide bonds. The fourth-order valence-corrected chi connectivity index (χ4v) is 3.31. The van der Waals surface area contributed by atoms with Crippen molar-refractivity contribution in [3.8, 4) is 0 Å². The molecule has 4 rings (SSSR count). The van der Waals surface area contributed by atoms with Crippen molar-refractivity contribution >= 4 is 0 Å². The van der Waals surface area contributed by atoms with Gasteiger partial charge in [-0.05, 0) is 34.8 Å². The molecule has 0 fully saturated rings. The molecule has 0 heterocycles. The zero-order chi connectivity index (χ0) is 11.4. The summed E-state index contributed by atoms with van der Waals surface area (Å²) >= 11 is 0. The summed E-state index contributed by atoms with van der Waals surface area (Å²) < 4.78 is 0. The van der Waals surface area contributed by atoms with Crippen LogP contribution in [0.5, 0.6) is 0 Å². The molecule has 4 aliphatic rings. The largest absolute Gasteiger partial charge is 0.0732 e. The number of allylic oxidation sites excluding steroid dienone is 14. The predicted octanol–water partition coefficient (Wildman–Crippen LogP) is 4.04. The highest BCUT2D eigenvalue weighted by molar-refractivity contribution is 5.69. The summed E-state index contributed by atoms with van der Waals surface area (Å²) in [5, 5.41) is 0. The zero-order valence-electron chi connectivity index (χ0n) is 9.85. The van der Waals surface area contributed by atoms with E-state index in [0.29, 0.717) is 11.8 Å². The van der Waals surface area contributed by atoms with Gasteiger partial charge in [0.1, 0.15) is 0 Å². The predicted molar refractivity (Wildman–Crippen MR) is 71.3 cm³/mol. The van der Waals surface area contributed by atoms with Gasteiger partial charge in [0.05, 0.1) is 0 Å². The summed E-state index contributed by atoms with van der Waals surface area (Å²) in [4.78, 5) is 0. The van der Waals surface area contributed by atoms with Gasteiger partial charge in [-0.25, -0.2) is 0 Å². The van der Waals surface area contributed by atoms with Gasteiger partial charge in [0, 0.05) is 11.8 Å². The van der Waals surface area contributed by atoms with E-state index in [1.807, 2.05) is 0 Å². The van der Waals surface area contributed by atoms with E-state index < -0.39 is 0 Å². The number of hydrogen-bond acceptors (Lipinski definition) is 0. The van der Waals surface area contributed by atoms with Crippen molar-refractivity contribution in [1.29, 1.82) is 0 Å². The van der Waals surface area contributed by atoms with E-state index in [1.165, 1.54) is 27.9 Å². The third kappa shape index (κ3) is 1.13. The standard InChI is InChI=1S/C17H14/c1-11-10-14-6-2-4-12-8-9-13-5-3-7-15(11)17(13)16(12)14/h2-10,13-14H,1H3. The van der Waals surface area contributed by atoms with Crippen molar-refractivity contribution in [3.05, 3.63) is 82.5 Å². The lowest BCUT2D eigenvalue weighted by Crippen LogP contribution is -2.21. The lowest BCUT2D eigenvalue weighted by molar-refractivity contribution is 0.828. The molecule has 0 saturated carbocycles. The summed E-state index contributed by atoms with van der Waals surface area (Å²) in [6.07, 6.45) is 20.5. The summed E-state index contributed by atoms with van der Waals surface area (Å²) in [6.45, 7) is 2.23. The van der Waals surface area contributed by atoms with Crippen LogP contribution in [0.3, 0.4) is 0 Å². The fourth-order valence-electron chi connectivity index (χ4n) is 3.31. The first-order chi connectivity index (χ1) is 8.34. The first-order valence-corrected chi connectivity index (χ1v) is 6.23. The van der Waals surface area contributed by atoms with Gasteiger partial charge in [-0.1, -0.05) is 54.7 Å². The maximum absolute atomic E-state index is 2.39. The number of hydrogen-bond donors (Lipinski definition) is 0. The Morgan fingerprint density at radius 1 is 0.882 bits per heavy atom. The summed E-state index contributed by atoms with van der Waals surface area (Å²) in [5.41, 5.74) is 7.32. The van der Waals surface area contributed by atoms with Crippen LogP contribution in [0.25, 0.3) is 0 Å². The number of rotatable bonds is 0. The molecule has 0 nitrogen and oxygen atoms in total. The van der Waals surface area contributed by atoms with E-state index in [-0.39, 0.29) is 0 Å². The third-order valence-corrected chi connectivity index (χ3v) is 4.07. The fraction of sp³-hybridized carbons (Fsp3) is 0.176. The third-order valence-electron chi connectivity index (χ3n) is 4.07. The first-order valence-electron chi connectivity index (χ1n) is 6.23. The Kier molecular flexibility index (Phi) is 1.69. The topological polar surface area (TPSA) is 0 Å². The van der Waals surface area contributed by atoms with Gasteiger partial charge in [0.2, 0.25) is 0 Å². The van der Waals surface area contributed by atoms with Gasteiger partial charge >= 0.3 is 0 Å². The van der Waals surface area contributed by atoms with Gasteiger partial charge in [0.15, 0.2) is 0 Å². The van der Waals surface area contributed by atoms with Gasteiger partial charge in [-0.2, -0.15) is 0 Å². The van der Waals surface area contributed by atoms with Crippen LogP contribution in [0.1, 0.15) is 6.92 Å². The maximum Gasteiger partial charge on any atom is 0.0216 e. The normalized spacial score (nSPS) is 31.9. The Morgan fingerprint density at radius 2 is 1.71 bits per heavy atom. The van der Waals surface area contributed by atoms with Crippen LogP contribution in [0.4, 0.5) is 0 Å². The van der Waals surface area contributed by atoms with Crippen molar-refractivity contribution in [2.24, 2.45) is 11.8 Å². The minimum atomic E-state index is 0.486. The molecule has 2 unspecified atom stereocenters. The van der Waals surface area contributed by atoms with Gasteiger partial charge < -0.3 is 0 Å². The minimum absolute atomic E-state index is 0.486. The van der Waals surface area contributed by atoms with Gasteiger partial charge in [0.25, 0.3) is 0 Å². The SMILES string of the molecule is CC1=CC2C=CC=C3C=CC4C=CC=C1C4=C32. The molecule has 0 saturated heterocycles. The van der Waals surface area contributed by atoms with Crippen molar-refractivity contribution in [1.82, 2.24) is 0 Å². The minimum Gasteiger partial charge on any atom is -0.0732 e. The monoisotopic (exact) mass is 218 g/mol. The van der Waals surface area contributed by atoms with Gasteiger partial charge in [-0.3, -0.25) is 0 Å². The Morgan fingerprint density at radius 3 is 2.65 bits per heavy atom. The molecule has 0 aromatic rings. The molecular formula is C17H14. The quantitative estimate of drug-likeness (QED) is 0.575. The average Bonchev–Trinajstić information content (AvgIpc) is 2.37. The highest BCUT2D eigenvalue weighted by atomic mass is 14.4. The molecule has 0 aliphatic heterocycles. The summed E-state index contributed by atoms with van der Waals surface area (Å²) in [6, 6.07) is 0. The van der Waals surface area contributed by atoms with Crippen LogP contribution < -0.4 is 0 Å². The molecule has 0 spiro atoms. The summed E-state index contributed by atoms with van der Waals surface area (Å²) in [5.74, 6) is 0.973. The van der Waals surface area contributed by atoms with E-state index in [2.05, 4.69) is 61.6 Å². The van der Waals surface area contributed by atoms with E-state index in [0.717, 1.165) is 0 Å². The average molecular weight is 218 g/mol. The molecule has 0 N–H and O–H groups in total. The Hall–Kier alpha value is -1.82. The van der Waals surface area contributed by atoms with Crippen molar-refractivity contribution in [2.75, 3.05) is 0 Å². The van der Waals surface area contributed by atoms with Crippen LogP contribution >= 0.6 is 0 Å².